The highest BCUT2D eigenvalue weighted by atomic mass is 15.1. The van der Waals surface area contributed by atoms with Crippen molar-refractivity contribution in [3.63, 3.8) is 0 Å². The molecule has 4 rings (SSSR count). The summed E-state index contributed by atoms with van der Waals surface area (Å²) in [6, 6.07) is 25.1. The van der Waals surface area contributed by atoms with Gasteiger partial charge < -0.3 is 4.90 Å². The Morgan fingerprint density at radius 3 is 2.36 bits per heavy atom. The number of para-hydroxylation sites is 2. The van der Waals surface area contributed by atoms with Gasteiger partial charge in [-0.25, -0.2) is 0 Å². The molecule has 0 fully saturated rings. The van der Waals surface area contributed by atoms with Crippen molar-refractivity contribution >= 4 is 29.1 Å². The molecular weight excluding hydrogens is 267 g/mol. The number of benzene rings is 2. The molecule has 2 heterocycles. The molecule has 0 saturated heterocycles. The van der Waals surface area contributed by atoms with Crippen LogP contribution in [0.5, 0.6) is 0 Å². The van der Waals surface area contributed by atoms with Crippen LogP contribution in [0.2, 0.25) is 0 Å². The number of rotatable bonds is 2. The molecule has 0 radical (unpaired) electrons. The second-order valence-corrected chi connectivity index (χ2v) is 5.34. The summed E-state index contributed by atoms with van der Waals surface area (Å²) in [6.45, 7) is 0.206. The van der Waals surface area contributed by atoms with Crippen LogP contribution in [0.3, 0.4) is 0 Å². The van der Waals surface area contributed by atoms with E-state index in [4.69, 9.17) is 0 Å². The van der Waals surface area contributed by atoms with E-state index >= 15 is 0 Å². The molecule has 0 N–H and O–H groups in total. The fourth-order valence-electron chi connectivity index (χ4n) is 2.96. The van der Waals surface area contributed by atoms with Crippen LogP contribution >= 0.6 is 0 Å². The molecule has 0 spiro atoms. The van der Waals surface area contributed by atoms with E-state index < -0.39 is 0 Å². The summed E-state index contributed by atoms with van der Waals surface area (Å²) in [4.78, 5) is 6.76. The average molecular weight is 282 g/mol. The highest BCUT2D eigenvalue weighted by Crippen LogP contribution is 2.26. The molecule has 3 aromatic rings. The maximum Gasteiger partial charge on any atom is 0.261 e. The lowest BCUT2D eigenvalue weighted by atomic mass is 9.41. The second-order valence-electron chi connectivity index (χ2n) is 5.34. The Hall–Kier alpha value is -2.81. The third kappa shape index (κ3) is 2.21. The van der Waals surface area contributed by atoms with E-state index in [1.807, 2.05) is 24.4 Å². The zero-order valence-electron chi connectivity index (χ0n) is 12.1. The number of aromatic nitrogens is 1. The van der Waals surface area contributed by atoms with Crippen LogP contribution in [-0.4, -0.2) is 11.7 Å². The largest absolute Gasteiger partial charge is 0.319 e. The lowest BCUT2D eigenvalue weighted by Crippen LogP contribution is -2.46. The van der Waals surface area contributed by atoms with Gasteiger partial charge in [0, 0.05) is 23.2 Å². The summed E-state index contributed by atoms with van der Waals surface area (Å²) in [5.41, 5.74) is 4.75. The van der Waals surface area contributed by atoms with E-state index in [0.717, 1.165) is 5.59 Å². The molecule has 2 aromatic carbocycles. The maximum atomic E-state index is 4.53. The van der Waals surface area contributed by atoms with Crippen LogP contribution in [0.1, 0.15) is 0 Å². The number of hydrogen-bond acceptors (Lipinski definition) is 2. The van der Waals surface area contributed by atoms with Crippen molar-refractivity contribution < 1.29 is 0 Å². The average Bonchev–Trinajstić information content (AvgIpc) is 2.62. The third-order valence-electron chi connectivity index (χ3n) is 4.00. The fraction of sp³-hybridized carbons (Fsp3) is 0. The van der Waals surface area contributed by atoms with Crippen molar-refractivity contribution in [3.05, 3.63) is 91.2 Å². The van der Waals surface area contributed by atoms with Crippen molar-refractivity contribution in [1.29, 1.82) is 0 Å². The Balaban J connectivity index is 1.82. The predicted molar refractivity (Wildman–Crippen MR) is 93.4 cm³/mol. The molecule has 0 bridgehead atoms. The smallest absolute Gasteiger partial charge is 0.261 e. The van der Waals surface area contributed by atoms with E-state index in [-0.39, 0.29) is 6.71 Å². The molecule has 0 atom stereocenters. The highest BCUT2D eigenvalue weighted by Gasteiger charge is 2.26. The highest BCUT2D eigenvalue weighted by molar-refractivity contribution is 6.90. The van der Waals surface area contributed by atoms with Gasteiger partial charge in [-0.15, -0.1) is 0 Å². The van der Waals surface area contributed by atoms with Crippen molar-refractivity contribution in [1.82, 2.24) is 4.98 Å². The minimum Gasteiger partial charge on any atom is -0.319 e. The van der Waals surface area contributed by atoms with Gasteiger partial charge in [0.1, 0.15) is 0 Å². The summed E-state index contributed by atoms with van der Waals surface area (Å²) < 4.78 is 0. The summed E-state index contributed by atoms with van der Waals surface area (Å²) in [5.74, 6) is 2.22. The molecular formula is C19H15BN2. The second kappa shape index (κ2) is 5.53. The first-order chi connectivity index (χ1) is 10.9. The van der Waals surface area contributed by atoms with Crippen molar-refractivity contribution in [3.8, 4) is 0 Å². The molecule has 104 valence electrons. The molecule has 0 unspecified atom stereocenters. The van der Waals surface area contributed by atoms with Gasteiger partial charge >= 0.3 is 0 Å². The van der Waals surface area contributed by atoms with E-state index in [9.17, 15) is 0 Å². The number of fused-ring (bicyclic) bond motifs is 1. The molecule has 1 aliphatic heterocycles. The van der Waals surface area contributed by atoms with Gasteiger partial charge in [-0.2, -0.15) is 0 Å². The minimum absolute atomic E-state index is 0.206. The zero-order valence-corrected chi connectivity index (χ0v) is 12.1. The molecule has 1 aromatic heterocycles. The van der Waals surface area contributed by atoms with Gasteiger partial charge in [0.2, 0.25) is 0 Å². The van der Waals surface area contributed by atoms with Crippen molar-refractivity contribution in [2.45, 2.75) is 0 Å². The topological polar surface area (TPSA) is 16.1 Å². The Labute approximate surface area is 130 Å². The summed E-state index contributed by atoms with van der Waals surface area (Å²) in [6.07, 6.45) is 4.01. The van der Waals surface area contributed by atoms with Gasteiger partial charge in [-0.1, -0.05) is 48.4 Å². The fourth-order valence-corrected chi connectivity index (χ4v) is 2.96. The quantitative estimate of drug-likeness (QED) is 0.672. The summed E-state index contributed by atoms with van der Waals surface area (Å²) >= 11 is 0. The summed E-state index contributed by atoms with van der Waals surface area (Å²) in [7, 11) is 0. The maximum absolute atomic E-state index is 4.53. The first kappa shape index (κ1) is 12.9. The van der Waals surface area contributed by atoms with Gasteiger partial charge in [-0.3, -0.25) is 4.98 Å². The van der Waals surface area contributed by atoms with E-state index in [0.29, 0.717) is 0 Å². The van der Waals surface area contributed by atoms with Crippen molar-refractivity contribution in [2.75, 3.05) is 4.90 Å². The van der Waals surface area contributed by atoms with Gasteiger partial charge in [-0.05, 0) is 42.0 Å². The van der Waals surface area contributed by atoms with Crippen LogP contribution in [0.25, 0.3) is 0 Å². The van der Waals surface area contributed by atoms with Crippen LogP contribution < -0.4 is 16.0 Å². The molecule has 1 aliphatic rings. The van der Waals surface area contributed by atoms with E-state index in [2.05, 4.69) is 76.7 Å². The van der Waals surface area contributed by atoms with Gasteiger partial charge in [0.25, 0.3) is 6.71 Å². The Bertz CT molecular complexity index is 731. The van der Waals surface area contributed by atoms with E-state index in [1.165, 1.54) is 16.8 Å². The van der Waals surface area contributed by atoms with E-state index in [1.54, 1.807) is 0 Å². The standard InChI is InChI=1S/C19H15BN2/c1-2-8-16(9-3-1)22-15-13-20(19-12-6-7-14-21-19)17-10-4-5-11-18(17)22/h1-15H. The number of hydrogen-bond donors (Lipinski definition) is 0. The molecule has 0 aliphatic carbocycles. The van der Waals surface area contributed by atoms with Gasteiger partial charge in [0.05, 0.1) is 0 Å². The number of pyridine rings is 1. The summed E-state index contributed by atoms with van der Waals surface area (Å²) in [5, 5.41) is 0. The molecule has 0 saturated carbocycles. The first-order valence-corrected chi connectivity index (χ1v) is 7.46. The monoisotopic (exact) mass is 282 g/mol. The van der Waals surface area contributed by atoms with Crippen molar-refractivity contribution in [2.24, 2.45) is 0 Å². The lowest BCUT2D eigenvalue weighted by Gasteiger charge is -2.29. The van der Waals surface area contributed by atoms with Crippen LogP contribution in [0.4, 0.5) is 11.4 Å². The normalized spacial score (nSPS) is 13.1. The Morgan fingerprint density at radius 1 is 0.773 bits per heavy atom. The first-order valence-electron chi connectivity index (χ1n) is 7.46. The predicted octanol–water partition coefficient (Wildman–Crippen LogP) is 2.90. The van der Waals surface area contributed by atoms with Crippen LogP contribution in [0, 0.1) is 0 Å². The third-order valence-corrected chi connectivity index (χ3v) is 4.00. The van der Waals surface area contributed by atoms with Crippen LogP contribution in [-0.2, 0) is 0 Å². The minimum atomic E-state index is 0.206. The molecule has 3 heteroatoms. The lowest BCUT2D eigenvalue weighted by molar-refractivity contribution is 1.28. The number of anilines is 2. The molecule has 2 nitrogen and oxygen atoms in total. The molecule has 0 amide bonds. The van der Waals surface area contributed by atoms with Crippen LogP contribution in [0.15, 0.2) is 91.2 Å². The van der Waals surface area contributed by atoms with Gasteiger partial charge in [0.15, 0.2) is 0 Å². The Morgan fingerprint density at radius 2 is 1.55 bits per heavy atom. The number of nitrogens with zero attached hydrogens (tertiary/aromatic N) is 2. The zero-order chi connectivity index (χ0) is 14.8. The molecule has 22 heavy (non-hydrogen) atoms. The SMILES string of the molecule is C1=CN(c2ccccc2)c2ccccc2B1c1ccccn1. The Kier molecular flexibility index (Phi) is 3.24.